The molecule has 0 amide bonds. The molecule has 1 saturated heterocycles. The number of ketones is 1. The van der Waals surface area contributed by atoms with Crippen LogP contribution in [-0.4, -0.2) is 36.8 Å². The molecule has 1 N–H and O–H groups in total. The van der Waals surface area contributed by atoms with Gasteiger partial charge < -0.3 is 5.11 Å². The quantitative estimate of drug-likeness (QED) is 0.756. The molecule has 1 heterocycles. The largest absolute Gasteiger partial charge is 0.481 e. The van der Waals surface area contributed by atoms with Crippen molar-refractivity contribution in [2.45, 2.75) is 26.2 Å². The molecule has 1 fully saturated rings. The summed E-state index contributed by atoms with van der Waals surface area (Å²) in [5, 5.41) is 9.06. The minimum Gasteiger partial charge on any atom is -0.481 e. The summed E-state index contributed by atoms with van der Waals surface area (Å²) in [6, 6.07) is 0. The van der Waals surface area contributed by atoms with E-state index >= 15 is 0 Å². The molecule has 0 aromatic carbocycles. The predicted molar refractivity (Wildman–Crippen MR) is 53.3 cm³/mol. The van der Waals surface area contributed by atoms with Gasteiger partial charge in [-0.25, -0.2) is 8.42 Å². The molecule has 0 spiro atoms. The number of carboxylic acid groups (broad SMARTS) is 1. The van der Waals surface area contributed by atoms with E-state index in [1.807, 2.05) is 0 Å². The van der Waals surface area contributed by atoms with Crippen molar-refractivity contribution in [3.63, 3.8) is 0 Å². The van der Waals surface area contributed by atoms with E-state index in [-0.39, 0.29) is 36.6 Å². The maximum atomic E-state index is 11.2. The molecule has 6 heteroatoms. The number of hydrogen-bond acceptors (Lipinski definition) is 4. The first-order valence-corrected chi connectivity index (χ1v) is 6.53. The van der Waals surface area contributed by atoms with Crippen molar-refractivity contribution >= 4 is 21.6 Å². The van der Waals surface area contributed by atoms with Crippen LogP contribution in [0.25, 0.3) is 0 Å². The Morgan fingerprint density at radius 3 is 2.07 bits per heavy atom. The zero-order chi connectivity index (χ0) is 11.7. The maximum Gasteiger partial charge on any atom is 0.310 e. The fourth-order valence-corrected chi connectivity index (χ4v) is 3.48. The van der Waals surface area contributed by atoms with Crippen LogP contribution in [0.2, 0.25) is 0 Å². The maximum absolute atomic E-state index is 11.2. The fraction of sp³-hybridized carbons (Fsp3) is 0.778. The van der Waals surface area contributed by atoms with Gasteiger partial charge in [0.25, 0.3) is 0 Å². The van der Waals surface area contributed by atoms with Gasteiger partial charge in [0.05, 0.1) is 16.9 Å². The second-order valence-corrected chi connectivity index (χ2v) is 6.42. The molecular weight excluding hydrogens is 220 g/mol. The second kappa shape index (κ2) is 3.92. The number of rotatable bonds is 3. The van der Waals surface area contributed by atoms with Crippen molar-refractivity contribution in [2.24, 2.45) is 5.41 Å². The summed E-state index contributed by atoms with van der Waals surface area (Å²) in [7, 11) is -3.10. The van der Waals surface area contributed by atoms with E-state index in [1.54, 1.807) is 0 Å². The molecule has 86 valence electrons. The second-order valence-electron chi connectivity index (χ2n) is 4.12. The third-order valence-corrected chi connectivity index (χ3v) is 4.48. The van der Waals surface area contributed by atoms with Gasteiger partial charge in [0.15, 0.2) is 0 Å². The van der Waals surface area contributed by atoms with Crippen molar-refractivity contribution in [1.29, 1.82) is 0 Å². The Kier molecular flexibility index (Phi) is 3.18. The predicted octanol–water partition coefficient (Wildman–Crippen LogP) is 0.245. The third kappa shape index (κ3) is 2.77. The highest BCUT2D eigenvalue weighted by Crippen LogP contribution is 2.36. The summed E-state index contributed by atoms with van der Waals surface area (Å²) in [4.78, 5) is 22.0. The van der Waals surface area contributed by atoms with Gasteiger partial charge in [-0.05, 0) is 19.8 Å². The Balaban J connectivity index is 2.87. The van der Waals surface area contributed by atoms with E-state index in [0.29, 0.717) is 0 Å². The Labute approximate surface area is 88.4 Å². The average molecular weight is 234 g/mol. The Hall–Kier alpha value is -0.910. The summed E-state index contributed by atoms with van der Waals surface area (Å²) in [5.41, 5.74) is -1.16. The molecule has 1 aliphatic rings. The number of carbonyl (C=O) groups excluding carboxylic acids is 1. The molecule has 5 nitrogen and oxygen atoms in total. The van der Waals surface area contributed by atoms with Crippen LogP contribution in [-0.2, 0) is 19.4 Å². The van der Waals surface area contributed by atoms with Crippen LogP contribution in [0.3, 0.4) is 0 Å². The van der Waals surface area contributed by atoms with E-state index in [2.05, 4.69) is 0 Å². The van der Waals surface area contributed by atoms with Crippen LogP contribution in [0.4, 0.5) is 0 Å². The van der Waals surface area contributed by atoms with Crippen molar-refractivity contribution in [2.75, 3.05) is 11.5 Å². The molecule has 0 radical (unpaired) electrons. The molecule has 1 aliphatic heterocycles. The standard InChI is InChI=1S/C9H14O5S/c1-7(10)6-9(8(11)12)2-4-15(13,14)5-3-9/h2-6H2,1H3,(H,11,12). The van der Waals surface area contributed by atoms with Crippen molar-refractivity contribution < 1.29 is 23.1 Å². The summed E-state index contributed by atoms with van der Waals surface area (Å²) in [5.74, 6) is -1.54. The smallest absolute Gasteiger partial charge is 0.310 e. The Bertz CT molecular complexity index is 367. The molecule has 0 bridgehead atoms. The van der Waals surface area contributed by atoms with Crippen LogP contribution >= 0.6 is 0 Å². The van der Waals surface area contributed by atoms with Gasteiger partial charge in [0.2, 0.25) is 0 Å². The molecule has 15 heavy (non-hydrogen) atoms. The van der Waals surface area contributed by atoms with Crippen molar-refractivity contribution in [3.8, 4) is 0 Å². The molecule has 1 rings (SSSR count). The minimum absolute atomic E-state index is 0.0459. The van der Waals surface area contributed by atoms with Crippen LogP contribution in [0.1, 0.15) is 26.2 Å². The molecule has 0 atom stereocenters. The minimum atomic E-state index is -3.10. The first kappa shape index (κ1) is 12.2. The van der Waals surface area contributed by atoms with Crippen LogP contribution in [0.5, 0.6) is 0 Å². The number of hydrogen-bond donors (Lipinski definition) is 1. The first-order chi connectivity index (χ1) is 6.77. The van der Waals surface area contributed by atoms with Gasteiger partial charge in [0.1, 0.15) is 15.6 Å². The fourth-order valence-electron chi connectivity index (χ4n) is 1.87. The van der Waals surface area contributed by atoms with Gasteiger partial charge in [0, 0.05) is 6.42 Å². The molecule has 0 saturated carbocycles. The Morgan fingerprint density at radius 1 is 1.27 bits per heavy atom. The topological polar surface area (TPSA) is 88.5 Å². The van der Waals surface area contributed by atoms with Gasteiger partial charge in [-0.15, -0.1) is 0 Å². The molecule has 0 aliphatic carbocycles. The molecule has 0 aromatic heterocycles. The zero-order valence-electron chi connectivity index (χ0n) is 8.52. The monoisotopic (exact) mass is 234 g/mol. The molecule has 0 unspecified atom stereocenters. The number of carbonyl (C=O) groups is 2. The van der Waals surface area contributed by atoms with E-state index in [9.17, 15) is 18.0 Å². The van der Waals surface area contributed by atoms with Crippen LogP contribution in [0, 0.1) is 5.41 Å². The number of aliphatic carboxylic acids is 1. The van der Waals surface area contributed by atoms with E-state index in [4.69, 9.17) is 5.11 Å². The van der Waals surface area contributed by atoms with E-state index in [0.717, 1.165) is 0 Å². The van der Waals surface area contributed by atoms with Crippen LogP contribution < -0.4 is 0 Å². The SMILES string of the molecule is CC(=O)CC1(C(=O)O)CCS(=O)(=O)CC1. The van der Waals surface area contributed by atoms with Crippen LogP contribution in [0.15, 0.2) is 0 Å². The molecular formula is C9H14O5S. The lowest BCUT2D eigenvalue weighted by atomic mass is 9.78. The van der Waals surface area contributed by atoms with Gasteiger partial charge in [-0.1, -0.05) is 0 Å². The lowest BCUT2D eigenvalue weighted by Crippen LogP contribution is -2.41. The number of Topliss-reactive ketones (excluding diaryl/α,β-unsaturated/α-hetero) is 1. The summed E-state index contributed by atoms with van der Waals surface area (Å²) >= 11 is 0. The highest BCUT2D eigenvalue weighted by atomic mass is 32.2. The number of carboxylic acids is 1. The normalized spacial score (nSPS) is 23.3. The Morgan fingerprint density at radius 2 is 1.73 bits per heavy atom. The highest BCUT2D eigenvalue weighted by molar-refractivity contribution is 7.91. The summed E-state index contributed by atoms with van der Waals surface area (Å²) < 4.78 is 22.3. The number of sulfone groups is 1. The van der Waals surface area contributed by atoms with E-state index in [1.165, 1.54) is 6.92 Å². The van der Waals surface area contributed by atoms with Crippen molar-refractivity contribution in [3.05, 3.63) is 0 Å². The summed E-state index contributed by atoms with van der Waals surface area (Å²) in [6.45, 7) is 1.33. The van der Waals surface area contributed by atoms with Gasteiger partial charge in [-0.3, -0.25) is 9.59 Å². The van der Waals surface area contributed by atoms with Gasteiger partial charge >= 0.3 is 5.97 Å². The summed E-state index contributed by atoms with van der Waals surface area (Å²) in [6.07, 6.45) is 0.0202. The van der Waals surface area contributed by atoms with E-state index < -0.39 is 21.2 Å². The van der Waals surface area contributed by atoms with Crippen molar-refractivity contribution in [1.82, 2.24) is 0 Å². The first-order valence-electron chi connectivity index (χ1n) is 4.71. The third-order valence-electron chi connectivity index (χ3n) is 2.82. The molecule has 0 aromatic rings. The average Bonchev–Trinajstić information content (AvgIpc) is 2.08. The highest BCUT2D eigenvalue weighted by Gasteiger charge is 2.44. The lowest BCUT2D eigenvalue weighted by Gasteiger charge is -2.31. The lowest BCUT2D eigenvalue weighted by molar-refractivity contribution is -0.152. The zero-order valence-corrected chi connectivity index (χ0v) is 9.34. The van der Waals surface area contributed by atoms with Gasteiger partial charge in [-0.2, -0.15) is 0 Å².